The molecule has 3 aromatic rings. The van der Waals surface area contributed by atoms with E-state index in [1.54, 1.807) is 23.1 Å². The van der Waals surface area contributed by atoms with Crippen molar-refractivity contribution in [2.75, 3.05) is 31.7 Å². The minimum absolute atomic E-state index is 0. The van der Waals surface area contributed by atoms with E-state index in [1.165, 1.54) is 0 Å². The van der Waals surface area contributed by atoms with Gasteiger partial charge < -0.3 is 15.0 Å². The predicted molar refractivity (Wildman–Crippen MR) is 122 cm³/mol. The van der Waals surface area contributed by atoms with Crippen LogP contribution >= 0.6 is 23.1 Å². The van der Waals surface area contributed by atoms with Gasteiger partial charge in [0.25, 0.3) is 0 Å². The Balaban J connectivity index is 0.00000280. The molecule has 0 saturated carbocycles. The number of thiazole rings is 1. The molecule has 150 valence electrons. The molecule has 0 atom stereocenters. The highest BCUT2D eigenvalue weighted by atomic mass is 32.2. The first kappa shape index (κ1) is 22.2. The molecule has 0 aliphatic carbocycles. The second-order valence-electron chi connectivity index (χ2n) is 6.36. The van der Waals surface area contributed by atoms with Crippen LogP contribution in [0.3, 0.4) is 0 Å². The lowest BCUT2D eigenvalue weighted by Gasteiger charge is -2.13. The Kier molecular flexibility index (Phi) is 8.76. The van der Waals surface area contributed by atoms with Crippen LogP contribution in [0.15, 0.2) is 52.9 Å². The number of anilines is 2. The summed E-state index contributed by atoms with van der Waals surface area (Å²) in [5.41, 5.74) is 0.987. The van der Waals surface area contributed by atoms with Crippen LogP contribution in [0, 0.1) is 6.92 Å². The number of nitrogens with one attached hydrogen (secondary N) is 1. The zero-order valence-electron chi connectivity index (χ0n) is 15.8. The molecule has 0 radical (unpaired) electrons. The number of rotatable bonds is 9. The Labute approximate surface area is 176 Å². The van der Waals surface area contributed by atoms with Gasteiger partial charge in [0.1, 0.15) is 5.75 Å². The van der Waals surface area contributed by atoms with Crippen LogP contribution in [0.25, 0.3) is 0 Å². The zero-order chi connectivity index (χ0) is 19.1. The first-order valence-corrected chi connectivity index (χ1v) is 10.7. The molecule has 2 heterocycles. The summed E-state index contributed by atoms with van der Waals surface area (Å²) >= 11 is 3.35. The van der Waals surface area contributed by atoms with Gasteiger partial charge in [0, 0.05) is 16.5 Å². The van der Waals surface area contributed by atoms with Crippen molar-refractivity contribution in [2.45, 2.75) is 25.7 Å². The number of nitrogens with zero attached hydrogens (tertiary/aromatic N) is 3. The molecule has 5 nitrogen and oxygen atoms in total. The molecule has 0 aliphatic heterocycles. The molecule has 0 aliphatic rings. The summed E-state index contributed by atoms with van der Waals surface area (Å²) in [6, 6.07) is 11.8. The van der Waals surface area contributed by atoms with E-state index >= 15 is 0 Å². The van der Waals surface area contributed by atoms with E-state index in [2.05, 4.69) is 34.3 Å². The van der Waals surface area contributed by atoms with E-state index < -0.39 is 0 Å². The van der Waals surface area contributed by atoms with Crippen LogP contribution < -0.4 is 10.1 Å². The van der Waals surface area contributed by atoms with Crippen LogP contribution in [0.2, 0.25) is 0 Å². The largest absolute Gasteiger partial charge is 0.453 e. The van der Waals surface area contributed by atoms with Gasteiger partial charge in [-0.3, -0.25) is 0 Å². The highest BCUT2D eigenvalue weighted by molar-refractivity contribution is 7.99. The highest BCUT2D eigenvalue weighted by Gasteiger charge is 2.11. The van der Waals surface area contributed by atoms with Crippen LogP contribution in [0.4, 0.5) is 10.9 Å². The van der Waals surface area contributed by atoms with Crippen molar-refractivity contribution in [3.05, 3.63) is 53.7 Å². The maximum atomic E-state index is 6.10. The zero-order valence-corrected chi connectivity index (χ0v) is 17.4. The second-order valence-corrected chi connectivity index (χ2v) is 8.38. The monoisotopic (exact) mass is 416 g/mol. The van der Waals surface area contributed by atoms with E-state index in [1.807, 2.05) is 54.9 Å². The summed E-state index contributed by atoms with van der Waals surface area (Å²) in [6.07, 6.45) is 3.02. The van der Waals surface area contributed by atoms with Crippen molar-refractivity contribution in [2.24, 2.45) is 0 Å². The van der Waals surface area contributed by atoms with Gasteiger partial charge in [-0.05, 0) is 57.9 Å². The standard InChI is InChI=1S/C20H24N4OS2.CH4/c1-15-14-27-20(22-15)23-19-18(25-16-8-5-4-6-9-16)12-17(13-21-19)26-11-7-10-24(2)3;/h4-6,8-9,12-14H,7,10-11H2,1-3H3,(H,21,22,23);1H4. The Bertz CT molecular complexity index is 853. The quantitative estimate of drug-likeness (QED) is 0.338. The predicted octanol–water partition coefficient (Wildman–Crippen LogP) is 6.06. The molecule has 0 fully saturated rings. The number of aromatic nitrogens is 2. The van der Waals surface area contributed by atoms with Gasteiger partial charge in [0.05, 0.1) is 5.69 Å². The smallest absolute Gasteiger partial charge is 0.188 e. The van der Waals surface area contributed by atoms with Gasteiger partial charge >= 0.3 is 0 Å². The lowest BCUT2D eigenvalue weighted by atomic mass is 10.3. The Morgan fingerprint density at radius 3 is 2.68 bits per heavy atom. The third-order valence-corrected chi connectivity index (χ3v) is 5.59. The van der Waals surface area contributed by atoms with Crippen LogP contribution in [-0.4, -0.2) is 41.3 Å². The summed E-state index contributed by atoms with van der Waals surface area (Å²) in [5, 5.41) is 6.10. The molecule has 7 heteroatoms. The van der Waals surface area contributed by atoms with Gasteiger partial charge in [0.15, 0.2) is 16.7 Å². The van der Waals surface area contributed by atoms with E-state index in [0.717, 1.165) is 40.2 Å². The topological polar surface area (TPSA) is 50.3 Å². The van der Waals surface area contributed by atoms with Crippen molar-refractivity contribution in [3.63, 3.8) is 0 Å². The van der Waals surface area contributed by atoms with E-state index in [9.17, 15) is 0 Å². The minimum Gasteiger partial charge on any atom is -0.453 e. The maximum absolute atomic E-state index is 6.10. The lowest BCUT2D eigenvalue weighted by molar-refractivity contribution is 0.410. The lowest BCUT2D eigenvalue weighted by Crippen LogP contribution is -2.13. The number of benzene rings is 1. The van der Waals surface area contributed by atoms with Crippen LogP contribution in [0.5, 0.6) is 11.5 Å². The normalized spacial score (nSPS) is 10.6. The average Bonchev–Trinajstić information content (AvgIpc) is 3.06. The molecule has 0 unspecified atom stereocenters. The van der Waals surface area contributed by atoms with E-state index in [4.69, 9.17) is 4.74 Å². The number of ether oxygens (including phenoxy) is 1. The number of hydrogen-bond acceptors (Lipinski definition) is 7. The summed E-state index contributed by atoms with van der Waals surface area (Å²) < 4.78 is 6.10. The summed E-state index contributed by atoms with van der Waals surface area (Å²) in [7, 11) is 4.19. The molecule has 1 N–H and O–H groups in total. The SMILES string of the molecule is C.Cc1csc(Nc2ncc(SCCCN(C)C)cc2Oc2ccccc2)n1. The van der Waals surface area contributed by atoms with E-state index in [0.29, 0.717) is 11.6 Å². The fourth-order valence-corrected chi connectivity index (χ4v) is 3.89. The minimum atomic E-state index is 0. The van der Waals surface area contributed by atoms with Crippen LogP contribution in [0.1, 0.15) is 19.5 Å². The molecule has 2 aromatic heterocycles. The second kappa shape index (κ2) is 11.0. The summed E-state index contributed by atoms with van der Waals surface area (Å²) in [4.78, 5) is 12.3. The molecular formula is C21H28N4OS2. The highest BCUT2D eigenvalue weighted by Crippen LogP contribution is 2.34. The van der Waals surface area contributed by atoms with E-state index in [-0.39, 0.29) is 7.43 Å². The van der Waals surface area contributed by atoms with Crippen molar-refractivity contribution >= 4 is 34.0 Å². The van der Waals surface area contributed by atoms with Gasteiger partial charge in [0.2, 0.25) is 0 Å². The molecular weight excluding hydrogens is 388 g/mol. The van der Waals surface area contributed by atoms with Crippen molar-refractivity contribution in [1.29, 1.82) is 0 Å². The molecule has 28 heavy (non-hydrogen) atoms. The molecule has 0 spiro atoms. The van der Waals surface area contributed by atoms with Crippen molar-refractivity contribution in [3.8, 4) is 11.5 Å². The molecule has 0 saturated heterocycles. The number of para-hydroxylation sites is 1. The van der Waals surface area contributed by atoms with Gasteiger partial charge in [-0.25, -0.2) is 9.97 Å². The molecule has 0 bridgehead atoms. The van der Waals surface area contributed by atoms with Crippen LogP contribution in [-0.2, 0) is 0 Å². The average molecular weight is 417 g/mol. The van der Waals surface area contributed by atoms with Gasteiger partial charge in [-0.15, -0.1) is 23.1 Å². The van der Waals surface area contributed by atoms with Crippen molar-refractivity contribution < 1.29 is 4.74 Å². The Morgan fingerprint density at radius 2 is 2.00 bits per heavy atom. The summed E-state index contributed by atoms with van der Waals surface area (Å²) in [5.74, 6) is 3.20. The summed E-state index contributed by atoms with van der Waals surface area (Å²) in [6.45, 7) is 3.06. The van der Waals surface area contributed by atoms with Crippen molar-refractivity contribution in [1.82, 2.24) is 14.9 Å². The molecule has 0 amide bonds. The Hall–Kier alpha value is -2.09. The first-order valence-electron chi connectivity index (χ1n) is 8.80. The number of pyridine rings is 1. The number of hydrogen-bond donors (Lipinski definition) is 1. The molecule has 3 rings (SSSR count). The van der Waals surface area contributed by atoms with Gasteiger partial charge in [-0.2, -0.15) is 0 Å². The Morgan fingerprint density at radius 1 is 1.21 bits per heavy atom. The molecule has 1 aromatic carbocycles. The third kappa shape index (κ3) is 6.82. The fourth-order valence-electron chi connectivity index (χ4n) is 2.38. The van der Waals surface area contributed by atoms with Gasteiger partial charge in [-0.1, -0.05) is 25.6 Å². The third-order valence-electron chi connectivity index (χ3n) is 3.66. The number of aryl methyl sites for hydroxylation is 1. The number of thioether (sulfide) groups is 1. The first-order chi connectivity index (χ1) is 13.1. The fraction of sp³-hybridized carbons (Fsp3) is 0.333. The maximum Gasteiger partial charge on any atom is 0.188 e.